The van der Waals surface area contributed by atoms with Crippen LogP contribution in [0.3, 0.4) is 0 Å². The van der Waals surface area contributed by atoms with Crippen molar-refractivity contribution in [2.24, 2.45) is 11.7 Å². The molecule has 1 aromatic rings. The van der Waals surface area contributed by atoms with Gasteiger partial charge in [-0.05, 0) is 49.5 Å². The van der Waals surface area contributed by atoms with Gasteiger partial charge in [0.15, 0.2) is 0 Å². The molecule has 96 valence electrons. The molecular formula is C15H25NS. The molecule has 0 spiro atoms. The van der Waals surface area contributed by atoms with Crippen LogP contribution in [0.4, 0.5) is 0 Å². The standard InChI is InChI=1S/C15H25NS/c16-15(13-7-3-1-2-4-8-13)11-5-9-14-10-6-12-17-14/h6,10,12-13,15H,1-5,7-9,11,16H2. The maximum absolute atomic E-state index is 6.36. The van der Waals surface area contributed by atoms with E-state index in [0.717, 1.165) is 5.92 Å². The topological polar surface area (TPSA) is 26.0 Å². The molecule has 17 heavy (non-hydrogen) atoms. The first-order valence-electron chi connectivity index (χ1n) is 7.14. The molecule has 1 nitrogen and oxygen atoms in total. The van der Waals surface area contributed by atoms with E-state index in [0.29, 0.717) is 6.04 Å². The zero-order valence-corrected chi connectivity index (χ0v) is 11.6. The van der Waals surface area contributed by atoms with Gasteiger partial charge in [0.05, 0.1) is 0 Å². The van der Waals surface area contributed by atoms with Gasteiger partial charge >= 0.3 is 0 Å². The van der Waals surface area contributed by atoms with Crippen LogP contribution in [0.2, 0.25) is 0 Å². The first-order chi connectivity index (χ1) is 8.36. The number of nitrogens with two attached hydrogens (primary N) is 1. The van der Waals surface area contributed by atoms with Crippen LogP contribution >= 0.6 is 11.3 Å². The normalized spacial score (nSPS) is 20.1. The van der Waals surface area contributed by atoms with Crippen LogP contribution in [0.15, 0.2) is 17.5 Å². The summed E-state index contributed by atoms with van der Waals surface area (Å²) in [5.74, 6) is 0.806. The van der Waals surface area contributed by atoms with E-state index >= 15 is 0 Å². The van der Waals surface area contributed by atoms with E-state index < -0.39 is 0 Å². The maximum atomic E-state index is 6.36. The SMILES string of the molecule is NC(CCCc1cccs1)C1CCCCCC1. The lowest BCUT2D eigenvalue weighted by Crippen LogP contribution is -2.29. The zero-order valence-electron chi connectivity index (χ0n) is 10.7. The van der Waals surface area contributed by atoms with Gasteiger partial charge in [-0.15, -0.1) is 11.3 Å². The third-order valence-corrected chi connectivity index (χ3v) is 4.98. The van der Waals surface area contributed by atoms with Crippen LogP contribution in [0.5, 0.6) is 0 Å². The van der Waals surface area contributed by atoms with E-state index in [1.165, 1.54) is 62.7 Å². The lowest BCUT2D eigenvalue weighted by Gasteiger charge is -2.22. The van der Waals surface area contributed by atoms with Crippen molar-refractivity contribution in [3.63, 3.8) is 0 Å². The highest BCUT2D eigenvalue weighted by Crippen LogP contribution is 2.26. The fourth-order valence-corrected chi connectivity index (χ4v) is 3.69. The van der Waals surface area contributed by atoms with Crippen molar-refractivity contribution in [3.05, 3.63) is 22.4 Å². The molecule has 1 atom stereocenters. The first kappa shape index (κ1) is 13.1. The third kappa shape index (κ3) is 4.44. The van der Waals surface area contributed by atoms with Crippen molar-refractivity contribution in [1.29, 1.82) is 0 Å². The van der Waals surface area contributed by atoms with Crippen LogP contribution < -0.4 is 5.73 Å². The van der Waals surface area contributed by atoms with E-state index in [9.17, 15) is 0 Å². The fourth-order valence-electron chi connectivity index (χ4n) is 2.94. The lowest BCUT2D eigenvalue weighted by molar-refractivity contribution is 0.353. The van der Waals surface area contributed by atoms with Crippen LogP contribution in [-0.4, -0.2) is 6.04 Å². The van der Waals surface area contributed by atoms with Crippen molar-refractivity contribution in [2.75, 3.05) is 0 Å². The predicted molar refractivity (Wildman–Crippen MR) is 76.4 cm³/mol. The molecule has 1 aromatic heterocycles. The van der Waals surface area contributed by atoms with Crippen molar-refractivity contribution < 1.29 is 0 Å². The highest BCUT2D eigenvalue weighted by atomic mass is 32.1. The van der Waals surface area contributed by atoms with Gasteiger partial charge < -0.3 is 5.73 Å². The Hall–Kier alpha value is -0.340. The number of hydrogen-bond donors (Lipinski definition) is 1. The summed E-state index contributed by atoms with van der Waals surface area (Å²) in [6.45, 7) is 0. The predicted octanol–water partition coefficient (Wildman–Crippen LogP) is 4.37. The van der Waals surface area contributed by atoms with E-state index in [1.54, 1.807) is 0 Å². The lowest BCUT2D eigenvalue weighted by atomic mass is 9.89. The summed E-state index contributed by atoms with van der Waals surface area (Å²) in [4.78, 5) is 1.51. The van der Waals surface area contributed by atoms with Gasteiger partial charge in [-0.2, -0.15) is 0 Å². The second-order valence-corrected chi connectivity index (χ2v) is 6.42. The molecule has 0 aliphatic heterocycles. The van der Waals surface area contributed by atoms with Crippen molar-refractivity contribution in [1.82, 2.24) is 0 Å². The molecule has 2 heteroatoms. The number of hydrogen-bond acceptors (Lipinski definition) is 2. The Kier molecular flexibility index (Phi) is 5.53. The van der Waals surface area contributed by atoms with Gasteiger partial charge in [0, 0.05) is 10.9 Å². The molecular weight excluding hydrogens is 226 g/mol. The van der Waals surface area contributed by atoms with Gasteiger partial charge in [-0.3, -0.25) is 0 Å². The van der Waals surface area contributed by atoms with Gasteiger partial charge in [0.2, 0.25) is 0 Å². The minimum Gasteiger partial charge on any atom is -0.327 e. The molecule has 1 saturated carbocycles. The Morgan fingerprint density at radius 1 is 1.24 bits per heavy atom. The van der Waals surface area contributed by atoms with E-state index in [-0.39, 0.29) is 0 Å². The smallest absolute Gasteiger partial charge is 0.00672 e. The Morgan fingerprint density at radius 2 is 2.00 bits per heavy atom. The summed E-state index contributed by atoms with van der Waals surface area (Å²) in [7, 11) is 0. The summed E-state index contributed by atoms with van der Waals surface area (Å²) in [5, 5.41) is 2.17. The van der Waals surface area contributed by atoms with Crippen LogP contribution in [0, 0.1) is 5.92 Å². The quantitative estimate of drug-likeness (QED) is 0.773. The Balaban J connectivity index is 1.67. The molecule has 0 radical (unpaired) electrons. The van der Waals surface area contributed by atoms with Gasteiger partial charge in [-0.1, -0.05) is 31.7 Å². The zero-order chi connectivity index (χ0) is 11.9. The molecule has 1 aliphatic carbocycles. The van der Waals surface area contributed by atoms with E-state index in [1.807, 2.05) is 11.3 Å². The Morgan fingerprint density at radius 3 is 2.65 bits per heavy atom. The molecule has 0 saturated heterocycles. The molecule has 1 fully saturated rings. The second kappa shape index (κ2) is 7.17. The van der Waals surface area contributed by atoms with E-state index in [2.05, 4.69) is 17.5 Å². The summed E-state index contributed by atoms with van der Waals surface area (Å²) < 4.78 is 0. The fraction of sp³-hybridized carbons (Fsp3) is 0.733. The second-order valence-electron chi connectivity index (χ2n) is 5.39. The van der Waals surface area contributed by atoms with Crippen LogP contribution in [0.1, 0.15) is 56.2 Å². The monoisotopic (exact) mass is 251 g/mol. The van der Waals surface area contributed by atoms with Crippen molar-refractivity contribution in [2.45, 2.75) is 63.8 Å². The van der Waals surface area contributed by atoms with Crippen LogP contribution in [-0.2, 0) is 6.42 Å². The van der Waals surface area contributed by atoms with Gasteiger partial charge in [-0.25, -0.2) is 0 Å². The largest absolute Gasteiger partial charge is 0.327 e. The number of thiophene rings is 1. The average molecular weight is 251 g/mol. The molecule has 2 N–H and O–H groups in total. The van der Waals surface area contributed by atoms with Gasteiger partial charge in [0.1, 0.15) is 0 Å². The number of aryl methyl sites for hydroxylation is 1. The molecule has 0 amide bonds. The number of rotatable bonds is 5. The highest BCUT2D eigenvalue weighted by Gasteiger charge is 2.18. The molecule has 0 aromatic carbocycles. The molecule has 1 unspecified atom stereocenters. The Labute approximate surface area is 109 Å². The summed E-state index contributed by atoms with van der Waals surface area (Å²) >= 11 is 1.87. The van der Waals surface area contributed by atoms with E-state index in [4.69, 9.17) is 5.73 Å². The van der Waals surface area contributed by atoms with Gasteiger partial charge in [0.25, 0.3) is 0 Å². The minimum atomic E-state index is 0.452. The van der Waals surface area contributed by atoms with Crippen LogP contribution in [0.25, 0.3) is 0 Å². The van der Waals surface area contributed by atoms with Crippen molar-refractivity contribution >= 4 is 11.3 Å². The summed E-state index contributed by atoms with van der Waals surface area (Å²) in [6.07, 6.45) is 12.1. The molecule has 1 aliphatic rings. The Bertz CT molecular complexity index is 286. The molecule has 0 bridgehead atoms. The first-order valence-corrected chi connectivity index (χ1v) is 8.02. The average Bonchev–Trinajstić information content (AvgIpc) is 2.69. The summed E-state index contributed by atoms with van der Waals surface area (Å²) in [5.41, 5.74) is 6.36. The highest BCUT2D eigenvalue weighted by molar-refractivity contribution is 7.09. The molecule has 1 heterocycles. The molecule has 2 rings (SSSR count). The minimum absolute atomic E-state index is 0.452. The third-order valence-electron chi connectivity index (χ3n) is 4.05. The summed E-state index contributed by atoms with van der Waals surface area (Å²) in [6, 6.07) is 4.83. The van der Waals surface area contributed by atoms with Crippen molar-refractivity contribution in [3.8, 4) is 0 Å². The maximum Gasteiger partial charge on any atom is 0.00672 e.